The first-order valence-corrected chi connectivity index (χ1v) is 13.1. The number of imidazole rings is 1. The third kappa shape index (κ3) is 6.37. The lowest BCUT2D eigenvalue weighted by Crippen LogP contribution is -2.29. The Morgan fingerprint density at radius 3 is 2.22 bits per heavy atom. The molecule has 8 nitrogen and oxygen atoms in total. The van der Waals surface area contributed by atoms with Crippen LogP contribution in [0.5, 0.6) is 0 Å². The predicted octanol–water partition coefficient (Wildman–Crippen LogP) is 2.60. The van der Waals surface area contributed by atoms with Crippen LogP contribution in [0.3, 0.4) is 0 Å². The van der Waals surface area contributed by atoms with Gasteiger partial charge in [-0.1, -0.05) is 31.5 Å². The monoisotopic (exact) mass is 517 g/mol. The number of carboxylic acids is 1. The van der Waals surface area contributed by atoms with Gasteiger partial charge in [-0.15, -0.1) is 0 Å². The Labute approximate surface area is 210 Å². The van der Waals surface area contributed by atoms with Crippen molar-refractivity contribution in [1.29, 1.82) is 0 Å². The second-order valence-corrected chi connectivity index (χ2v) is 11.0. The van der Waals surface area contributed by atoms with E-state index >= 15 is 0 Å². The molecular weight excluding hydrogens is 487 g/mol. The maximum Gasteiger partial charge on any atom is 0.225 e. The number of aliphatic carboxylic acids is 1. The van der Waals surface area contributed by atoms with Crippen molar-refractivity contribution < 1.29 is 32.9 Å². The first-order valence-electron chi connectivity index (χ1n) is 11.6. The van der Waals surface area contributed by atoms with Crippen molar-refractivity contribution in [1.82, 2.24) is 9.55 Å². The summed E-state index contributed by atoms with van der Waals surface area (Å²) in [5.74, 6) is -1.85. The minimum atomic E-state index is -4.00. The quantitative estimate of drug-likeness (QED) is 0.399. The van der Waals surface area contributed by atoms with Gasteiger partial charge in [-0.3, -0.25) is 0 Å². The number of aliphatic hydroxyl groups excluding tert-OH is 2. The van der Waals surface area contributed by atoms with Crippen molar-refractivity contribution in [3.8, 4) is 11.4 Å². The molecule has 0 aliphatic rings. The van der Waals surface area contributed by atoms with E-state index < -0.39 is 40.3 Å². The zero-order valence-corrected chi connectivity index (χ0v) is 21.2. The number of aryl methyl sites for hydroxylation is 1. The molecule has 0 unspecified atom stereocenters. The molecule has 2 atom stereocenters. The van der Waals surface area contributed by atoms with E-state index in [1.54, 1.807) is 16.7 Å². The molecule has 1 aromatic heterocycles. The molecule has 3 aromatic rings. The van der Waals surface area contributed by atoms with Gasteiger partial charge in [0.05, 0.1) is 22.8 Å². The number of aromatic nitrogens is 2. The average molecular weight is 518 g/mol. The third-order valence-electron chi connectivity index (χ3n) is 5.84. The lowest BCUT2D eigenvalue weighted by Gasteiger charge is -2.19. The number of hydrogen-bond acceptors (Lipinski definition) is 7. The number of aliphatic hydroxyl groups is 2. The highest BCUT2D eigenvalue weighted by Crippen LogP contribution is 2.34. The lowest BCUT2D eigenvalue weighted by molar-refractivity contribution is -0.307. The molecule has 0 saturated carbocycles. The highest BCUT2D eigenvalue weighted by Gasteiger charge is 2.31. The summed E-state index contributed by atoms with van der Waals surface area (Å²) in [5, 5.41) is 30.8. The van der Waals surface area contributed by atoms with Crippen LogP contribution < -0.4 is 5.11 Å². The van der Waals surface area contributed by atoms with Crippen LogP contribution >= 0.6 is 0 Å². The molecule has 36 heavy (non-hydrogen) atoms. The number of sulfone groups is 1. The van der Waals surface area contributed by atoms with Crippen LogP contribution in [0.1, 0.15) is 50.3 Å². The minimum absolute atomic E-state index is 0.0933. The first-order chi connectivity index (χ1) is 16.9. The first kappa shape index (κ1) is 27.5. The molecule has 10 heteroatoms. The number of carboxylic acid groups (broad SMARTS) is 1. The summed E-state index contributed by atoms with van der Waals surface area (Å²) in [7, 11) is -4.00. The van der Waals surface area contributed by atoms with Gasteiger partial charge in [-0.05, 0) is 62.1 Å². The molecule has 0 aliphatic heterocycles. The van der Waals surface area contributed by atoms with Crippen LogP contribution in [0.15, 0.2) is 58.5 Å². The van der Waals surface area contributed by atoms with E-state index in [-0.39, 0.29) is 35.2 Å². The van der Waals surface area contributed by atoms with Crippen LogP contribution in [-0.4, -0.2) is 46.4 Å². The number of hydrogen-bond donors (Lipinski definition) is 2. The largest absolute Gasteiger partial charge is 0.550 e. The van der Waals surface area contributed by atoms with E-state index in [0.717, 1.165) is 5.56 Å². The number of nitrogens with zero attached hydrogens (tertiary/aromatic N) is 2. The standard InChI is InChI=1S/C26H31FN2O6S/c1-16(2)24-26(36(34,35)22-10-4-17(3)5-11-22)28-25(18-6-8-19(27)9-7-18)29(24)13-12-20(30)14-21(31)15-23(32)33/h4-11,16,20-21,30-31H,12-15H2,1-3H3,(H,32,33)/p-1/t20-,21-/m1/s1. The molecule has 0 bridgehead atoms. The molecule has 0 fully saturated rings. The summed E-state index contributed by atoms with van der Waals surface area (Å²) in [4.78, 5) is 15.3. The van der Waals surface area contributed by atoms with E-state index in [1.165, 1.54) is 36.4 Å². The average Bonchev–Trinajstić information content (AvgIpc) is 3.18. The molecular formula is C26H30FN2O6S-. The van der Waals surface area contributed by atoms with E-state index in [4.69, 9.17) is 0 Å². The second kappa shape index (κ2) is 11.3. The molecule has 2 aromatic carbocycles. The third-order valence-corrected chi connectivity index (χ3v) is 7.54. The van der Waals surface area contributed by atoms with Gasteiger partial charge in [0.15, 0.2) is 5.03 Å². The van der Waals surface area contributed by atoms with Crippen molar-refractivity contribution >= 4 is 15.8 Å². The molecule has 0 amide bonds. The summed E-state index contributed by atoms with van der Waals surface area (Å²) in [6.07, 6.45) is -3.01. The van der Waals surface area contributed by atoms with Gasteiger partial charge >= 0.3 is 0 Å². The number of carbonyl (C=O) groups excluding carboxylic acids is 1. The van der Waals surface area contributed by atoms with Crippen molar-refractivity contribution in [3.05, 3.63) is 65.6 Å². The molecule has 2 N–H and O–H groups in total. The Hall–Kier alpha value is -3.08. The topological polar surface area (TPSA) is 133 Å². The zero-order valence-electron chi connectivity index (χ0n) is 20.4. The maximum absolute atomic E-state index is 13.6. The Bertz CT molecular complexity index is 1300. The van der Waals surface area contributed by atoms with Gasteiger partial charge < -0.3 is 24.7 Å². The minimum Gasteiger partial charge on any atom is -0.550 e. The molecule has 0 spiro atoms. The van der Waals surface area contributed by atoms with Crippen LogP contribution in [0.25, 0.3) is 11.4 Å². The van der Waals surface area contributed by atoms with Gasteiger partial charge in [0, 0.05) is 24.5 Å². The second-order valence-electron chi connectivity index (χ2n) is 9.16. The molecule has 194 valence electrons. The van der Waals surface area contributed by atoms with Crippen molar-refractivity contribution in [2.24, 2.45) is 0 Å². The molecule has 0 aliphatic carbocycles. The fourth-order valence-electron chi connectivity index (χ4n) is 4.06. The van der Waals surface area contributed by atoms with Gasteiger partial charge in [0.2, 0.25) is 9.84 Å². The van der Waals surface area contributed by atoms with E-state index in [9.17, 15) is 32.9 Å². The predicted molar refractivity (Wildman–Crippen MR) is 129 cm³/mol. The molecule has 0 saturated heterocycles. The smallest absolute Gasteiger partial charge is 0.225 e. The molecule has 0 radical (unpaired) electrons. The number of rotatable bonds is 11. The van der Waals surface area contributed by atoms with Gasteiger partial charge in [-0.2, -0.15) is 0 Å². The van der Waals surface area contributed by atoms with Crippen LogP contribution in [0.2, 0.25) is 0 Å². The highest BCUT2D eigenvalue weighted by molar-refractivity contribution is 7.91. The number of carbonyl (C=O) groups is 1. The van der Waals surface area contributed by atoms with Crippen LogP contribution in [0.4, 0.5) is 4.39 Å². The SMILES string of the molecule is Cc1ccc(S(=O)(=O)c2nc(-c3ccc(F)cc3)n(CC[C@@H](O)C[C@@H](O)CC(=O)[O-])c2C(C)C)cc1. The molecule has 1 heterocycles. The van der Waals surface area contributed by atoms with E-state index in [1.807, 2.05) is 20.8 Å². The Morgan fingerprint density at radius 2 is 1.67 bits per heavy atom. The zero-order chi connectivity index (χ0) is 26.6. The summed E-state index contributed by atoms with van der Waals surface area (Å²) in [6, 6.07) is 12.0. The fourth-order valence-corrected chi connectivity index (χ4v) is 5.61. The van der Waals surface area contributed by atoms with Crippen molar-refractivity contribution in [2.75, 3.05) is 0 Å². The Kier molecular flexibility index (Phi) is 8.65. The fraction of sp³-hybridized carbons (Fsp3) is 0.385. The molecule has 3 rings (SSSR count). The maximum atomic E-state index is 13.6. The summed E-state index contributed by atoms with van der Waals surface area (Å²) >= 11 is 0. The summed E-state index contributed by atoms with van der Waals surface area (Å²) in [6.45, 7) is 5.65. The highest BCUT2D eigenvalue weighted by atomic mass is 32.2. The Morgan fingerprint density at radius 1 is 1.06 bits per heavy atom. The van der Waals surface area contributed by atoms with Crippen LogP contribution in [0, 0.1) is 12.7 Å². The van der Waals surface area contributed by atoms with Gasteiger partial charge in [0.25, 0.3) is 0 Å². The number of halogens is 1. The lowest BCUT2D eigenvalue weighted by atomic mass is 10.1. The van der Waals surface area contributed by atoms with E-state index in [0.29, 0.717) is 17.1 Å². The number of benzene rings is 2. The Balaban J connectivity index is 2.07. The van der Waals surface area contributed by atoms with Crippen molar-refractivity contribution in [2.45, 2.75) is 74.6 Å². The summed E-state index contributed by atoms with van der Waals surface area (Å²) < 4.78 is 42.5. The van der Waals surface area contributed by atoms with Gasteiger partial charge in [0.1, 0.15) is 11.6 Å². The normalized spacial score (nSPS) is 13.6. The summed E-state index contributed by atoms with van der Waals surface area (Å²) in [5.41, 5.74) is 1.83. The van der Waals surface area contributed by atoms with Crippen molar-refractivity contribution in [3.63, 3.8) is 0 Å². The van der Waals surface area contributed by atoms with Gasteiger partial charge in [-0.25, -0.2) is 17.8 Å². The van der Waals surface area contributed by atoms with E-state index in [2.05, 4.69) is 4.98 Å². The van der Waals surface area contributed by atoms with Crippen LogP contribution in [-0.2, 0) is 21.2 Å².